The molecular formula is C13H23N3O2. The van der Waals surface area contributed by atoms with Crippen molar-refractivity contribution in [3.8, 4) is 0 Å². The van der Waals surface area contributed by atoms with E-state index >= 15 is 0 Å². The summed E-state index contributed by atoms with van der Waals surface area (Å²) in [7, 11) is 0. The number of aliphatic hydroxyl groups is 1. The Balaban J connectivity index is 2.23. The normalized spacial score (nSPS) is 14.2. The van der Waals surface area contributed by atoms with Gasteiger partial charge in [-0.3, -0.25) is 9.48 Å². The topological polar surface area (TPSA) is 67.2 Å². The summed E-state index contributed by atoms with van der Waals surface area (Å²) in [5.41, 5.74) is 0. The first-order valence-electron chi connectivity index (χ1n) is 6.55. The number of rotatable bonds is 8. The van der Waals surface area contributed by atoms with Gasteiger partial charge in [0, 0.05) is 25.4 Å². The van der Waals surface area contributed by atoms with Crippen molar-refractivity contribution in [3.63, 3.8) is 0 Å². The lowest BCUT2D eigenvalue weighted by Gasteiger charge is -2.22. The first-order chi connectivity index (χ1) is 8.67. The Labute approximate surface area is 108 Å². The third-order valence-corrected chi connectivity index (χ3v) is 3.22. The zero-order valence-corrected chi connectivity index (χ0v) is 11.2. The second kappa shape index (κ2) is 7.87. The minimum atomic E-state index is -0.132. The maximum Gasteiger partial charge on any atom is 0.220 e. The standard InChI is InChI=1S/C13H23N3O2/c1-3-11(2)12(10-17)15-13(18)6-4-8-16-9-5-7-14-16/h5,7,9,11-12,17H,3-4,6,8,10H2,1-2H3,(H,15,18). The summed E-state index contributed by atoms with van der Waals surface area (Å²) >= 11 is 0. The first kappa shape index (κ1) is 14.7. The van der Waals surface area contributed by atoms with Crippen molar-refractivity contribution in [2.75, 3.05) is 6.61 Å². The number of aryl methyl sites for hydroxylation is 1. The van der Waals surface area contributed by atoms with Crippen LogP contribution in [0.5, 0.6) is 0 Å². The van der Waals surface area contributed by atoms with Crippen LogP contribution in [0, 0.1) is 5.92 Å². The third kappa shape index (κ3) is 4.87. The maximum absolute atomic E-state index is 11.7. The molecule has 0 saturated carbocycles. The van der Waals surface area contributed by atoms with Crippen molar-refractivity contribution >= 4 is 5.91 Å². The van der Waals surface area contributed by atoms with E-state index in [1.165, 1.54) is 0 Å². The molecule has 5 heteroatoms. The Morgan fingerprint density at radius 2 is 2.33 bits per heavy atom. The molecule has 5 nitrogen and oxygen atoms in total. The third-order valence-electron chi connectivity index (χ3n) is 3.22. The summed E-state index contributed by atoms with van der Waals surface area (Å²) in [6, 6.07) is 1.73. The smallest absolute Gasteiger partial charge is 0.220 e. The molecule has 1 rings (SSSR count). The number of nitrogens with zero attached hydrogens (tertiary/aromatic N) is 2. The number of hydrogen-bond acceptors (Lipinski definition) is 3. The van der Waals surface area contributed by atoms with Crippen LogP contribution in [-0.4, -0.2) is 33.4 Å². The molecule has 0 aliphatic carbocycles. The number of amides is 1. The molecule has 1 aromatic rings. The lowest BCUT2D eigenvalue weighted by atomic mass is 10.00. The van der Waals surface area contributed by atoms with Gasteiger partial charge in [0.15, 0.2) is 0 Å². The quantitative estimate of drug-likeness (QED) is 0.731. The van der Waals surface area contributed by atoms with Crippen LogP contribution in [-0.2, 0) is 11.3 Å². The SMILES string of the molecule is CCC(C)C(CO)NC(=O)CCCn1cccn1. The molecule has 18 heavy (non-hydrogen) atoms. The summed E-state index contributed by atoms with van der Waals surface area (Å²) < 4.78 is 1.81. The van der Waals surface area contributed by atoms with Crippen molar-refractivity contribution in [1.29, 1.82) is 0 Å². The fourth-order valence-electron chi connectivity index (χ4n) is 1.77. The molecule has 0 aliphatic rings. The van der Waals surface area contributed by atoms with E-state index in [9.17, 15) is 9.90 Å². The van der Waals surface area contributed by atoms with E-state index in [-0.39, 0.29) is 18.6 Å². The minimum Gasteiger partial charge on any atom is -0.394 e. The zero-order valence-electron chi connectivity index (χ0n) is 11.2. The molecule has 0 radical (unpaired) electrons. The van der Waals surface area contributed by atoms with Gasteiger partial charge in [-0.15, -0.1) is 0 Å². The van der Waals surface area contributed by atoms with Gasteiger partial charge in [0.2, 0.25) is 5.91 Å². The number of aromatic nitrogens is 2. The van der Waals surface area contributed by atoms with Crippen molar-refractivity contribution < 1.29 is 9.90 Å². The molecule has 1 amide bonds. The van der Waals surface area contributed by atoms with Crippen LogP contribution in [0.25, 0.3) is 0 Å². The second-order valence-corrected chi connectivity index (χ2v) is 4.61. The number of nitrogens with one attached hydrogen (secondary N) is 1. The second-order valence-electron chi connectivity index (χ2n) is 4.61. The monoisotopic (exact) mass is 253 g/mol. The van der Waals surface area contributed by atoms with Crippen LogP contribution in [0.3, 0.4) is 0 Å². The summed E-state index contributed by atoms with van der Waals surface area (Å²) in [5.74, 6) is 0.298. The molecule has 2 atom stereocenters. The summed E-state index contributed by atoms with van der Waals surface area (Å²) in [6.45, 7) is 4.83. The number of carbonyl (C=O) groups is 1. The summed E-state index contributed by atoms with van der Waals surface area (Å²) in [6.07, 6.45) is 5.77. The molecule has 102 valence electrons. The highest BCUT2D eigenvalue weighted by Gasteiger charge is 2.16. The van der Waals surface area contributed by atoms with E-state index in [2.05, 4.69) is 17.3 Å². The lowest BCUT2D eigenvalue weighted by molar-refractivity contribution is -0.122. The Morgan fingerprint density at radius 1 is 1.56 bits per heavy atom. The Bertz CT molecular complexity index is 338. The van der Waals surface area contributed by atoms with Gasteiger partial charge < -0.3 is 10.4 Å². The largest absolute Gasteiger partial charge is 0.394 e. The van der Waals surface area contributed by atoms with Crippen LogP contribution in [0.2, 0.25) is 0 Å². The van der Waals surface area contributed by atoms with Crippen molar-refractivity contribution in [2.24, 2.45) is 5.92 Å². The molecule has 2 unspecified atom stereocenters. The Morgan fingerprint density at radius 3 is 2.89 bits per heavy atom. The fourth-order valence-corrected chi connectivity index (χ4v) is 1.77. The predicted molar refractivity (Wildman–Crippen MR) is 69.9 cm³/mol. The maximum atomic E-state index is 11.7. The zero-order chi connectivity index (χ0) is 13.4. The van der Waals surface area contributed by atoms with E-state index in [1.807, 2.05) is 23.9 Å². The highest BCUT2D eigenvalue weighted by molar-refractivity contribution is 5.76. The lowest BCUT2D eigenvalue weighted by Crippen LogP contribution is -2.41. The first-order valence-corrected chi connectivity index (χ1v) is 6.55. The summed E-state index contributed by atoms with van der Waals surface area (Å²) in [4.78, 5) is 11.7. The molecule has 0 aliphatic heterocycles. The van der Waals surface area contributed by atoms with Crippen LogP contribution < -0.4 is 5.32 Å². The van der Waals surface area contributed by atoms with Gasteiger partial charge in [0.1, 0.15) is 0 Å². The van der Waals surface area contributed by atoms with Crippen molar-refractivity contribution in [1.82, 2.24) is 15.1 Å². The fraction of sp³-hybridized carbons (Fsp3) is 0.692. The van der Waals surface area contributed by atoms with Gasteiger partial charge in [-0.25, -0.2) is 0 Å². The van der Waals surface area contributed by atoms with E-state index in [0.29, 0.717) is 12.3 Å². The Kier molecular flexibility index (Phi) is 6.43. The molecule has 1 heterocycles. The number of hydrogen-bond donors (Lipinski definition) is 2. The van der Waals surface area contributed by atoms with E-state index in [1.54, 1.807) is 6.20 Å². The van der Waals surface area contributed by atoms with Crippen LogP contribution in [0.1, 0.15) is 33.1 Å². The average Bonchev–Trinajstić information content (AvgIpc) is 2.88. The van der Waals surface area contributed by atoms with Gasteiger partial charge in [-0.1, -0.05) is 20.3 Å². The molecule has 0 saturated heterocycles. The number of aliphatic hydroxyl groups excluding tert-OH is 1. The molecule has 2 N–H and O–H groups in total. The molecule has 1 aromatic heterocycles. The van der Waals surface area contributed by atoms with Crippen LogP contribution >= 0.6 is 0 Å². The van der Waals surface area contributed by atoms with Gasteiger partial charge in [0.25, 0.3) is 0 Å². The van der Waals surface area contributed by atoms with E-state index in [0.717, 1.165) is 19.4 Å². The molecule has 0 aromatic carbocycles. The van der Waals surface area contributed by atoms with Crippen LogP contribution in [0.15, 0.2) is 18.5 Å². The Hall–Kier alpha value is -1.36. The van der Waals surface area contributed by atoms with E-state index in [4.69, 9.17) is 0 Å². The van der Waals surface area contributed by atoms with Gasteiger partial charge in [0.05, 0.1) is 12.6 Å². The molecule has 0 spiro atoms. The van der Waals surface area contributed by atoms with Gasteiger partial charge >= 0.3 is 0 Å². The van der Waals surface area contributed by atoms with Gasteiger partial charge in [-0.05, 0) is 18.4 Å². The van der Waals surface area contributed by atoms with Crippen LogP contribution in [0.4, 0.5) is 0 Å². The molecule has 0 fully saturated rings. The highest BCUT2D eigenvalue weighted by atomic mass is 16.3. The predicted octanol–water partition coefficient (Wildman–Crippen LogP) is 1.19. The van der Waals surface area contributed by atoms with E-state index < -0.39 is 0 Å². The highest BCUT2D eigenvalue weighted by Crippen LogP contribution is 2.07. The average molecular weight is 253 g/mol. The molecule has 0 bridgehead atoms. The minimum absolute atomic E-state index is 0.0000965. The summed E-state index contributed by atoms with van der Waals surface area (Å²) in [5, 5.41) is 16.2. The van der Waals surface area contributed by atoms with Crippen molar-refractivity contribution in [3.05, 3.63) is 18.5 Å². The van der Waals surface area contributed by atoms with Gasteiger partial charge in [-0.2, -0.15) is 5.10 Å². The number of carbonyl (C=O) groups excluding carboxylic acids is 1. The molecular weight excluding hydrogens is 230 g/mol. The van der Waals surface area contributed by atoms with Crippen molar-refractivity contribution in [2.45, 2.75) is 45.7 Å².